The van der Waals surface area contributed by atoms with Crippen LogP contribution < -0.4 is 19.7 Å². The Morgan fingerprint density at radius 1 is 1.13 bits per heavy atom. The second-order valence-corrected chi connectivity index (χ2v) is 11.9. The maximum atomic E-state index is 12.7. The minimum atomic E-state index is -0.111. The second kappa shape index (κ2) is 13.4. The number of anilines is 1. The zero-order chi connectivity index (χ0) is 27.9. The average Bonchev–Trinajstić information content (AvgIpc) is 2.85. The molecule has 0 saturated carbocycles. The van der Waals surface area contributed by atoms with Gasteiger partial charge in [-0.3, -0.25) is 9.59 Å². The van der Waals surface area contributed by atoms with Crippen LogP contribution in [-0.4, -0.2) is 78.9 Å². The summed E-state index contributed by atoms with van der Waals surface area (Å²) in [6.07, 6.45) is 1.19. The Morgan fingerprint density at radius 3 is 2.53 bits per heavy atom. The van der Waals surface area contributed by atoms with E-state index in [1.807, 2.05) is 23.1 Å². The number of hydrogen-bond donors (Lipinski definition) is 1. The van der Waals surface area contributed by atoms with Crippen molar-refractivity contribution in [2.45, 2.75) is 51.7 Å². The summed E-state index contributed by atoms with van der Waals surface area (Å²) in [6.45, 7) is 10.7. The number of amides is 2. The molecule has 208 valence electrons. The molecule has 38 heavy (non-hydrogen) atoms. The number of rotatable bonds is 10. The molecule has 1 aromatic carbocycles. The second-order valence-electron chi connectivity index (χ2n) is 10.5. The normalized spacial score (nSPS) is 15.8. The van der Waals surface area contributed by atoms with Crippen molar-refractivity contribution in [1.82, 2.24) is 20.2 Å². The van der Waals surface area contributed by atoms with Crippen molar-refractivity contribution in [3.05, 3.63) is 35.0 Å². The number of ether oxygens (including phenoxy) is 2. The highest BCUT2D eigenvalue weighted by atomic mass is 35.5. The van der Waals surface area contributed by atoms with E-state index in [-0.39, 0.29) is 29.0 Å². The van der Waals surface area contributed by atoms with E-state index in [1.54, 1.807) is 20.3 Å². The van der Waals surface area contributed by atoms with E-state index in [1.165, 1.54) is 11.8 Å². The summed E-state index contributed by atoms with van der Waals surface area (Å²) in [5.74, 6) is 2.28. The minimum absolute atomic E-state index is 0.0459. The van der Waals surface area contributed by atoms with Crippen molar-refractivity contribution in [2.24, 2.45) is 5.41 Å². The first-order valence-corrected chi connectivity index (χ1v) is 14.0. The Balaban J connectivity index is 1.50. The number of carbonyl (C=O) groups excluding carboxylic acids is 2. The molecule has 2 aromatic rings. The van der Waals surface area contributed by atoms with Crippen LogP contribution in [0, 0.1) is 5.41 Å². The number of thioether (sulfide) groups is 1. The highest BCUT2D eigenvalue weighted by Crippen LogP contribution is 2.28. The largest absolute Gasteiger partial charge is 0.493 e. The molecule has 2 amide bonds. The fourth-order valence-electron chi connectivity index (χ4n) is 4.27. The molecule has 0 radical (unpaired) electrons. The molecule has 2 heterocycles. The van der Waals surface area contributed by atoms with Crippen LogP contribution in [0.2, 0.25) is 5.15 Å². The van der Waals surface area contributed by atoms with Gasteiger partial charge in [0.2, 0.25) is 11.8 Å². The molecule has 3 rings (SSSR count). The molecule has 1 N–H and O–H groups in total. The number of piperazine rings is 1. The lowest BCUT2D eigenvalue weighted by Crippen LogP contribution is -2.54. The zero-order valence-electron chi connectivity index (χ0n) is 23.0. The van der Waals surface area contributed by atoms with Gasteiger partial charge in [-0.1, -0.05) is 50.2 Å². The van der Waals surface area contributed by atoms with Crippen LogP contribution in [0.3, 0.4) is 0 Å². The van der Waals surface area contributed by atoms with Gasteiger partial charge in [0.05, 0.1) is 20.0 Å². The number of carbonyl (C=O) groups is 2. The third kappa shape index (κ3) is 8.66. The molecule has 1 aliphatic heterocycles. The molecule has 1 atom stereocenters. The van der Waals surface area contributed by atoms with Crippen LogP contribution in [0.4, 0.5) is 5.82 Å². The number of nitrogens with one attached hydrogen (secondary N) is 1. The number of benzene rings is 1. The van der Waals surface area contributed by atoms with Crippen molar-refractivity contribution < 1.29 is 19.1 Å². The van der Waals surface area contributed by atoms with Gasteiger partial charge in [-0.05, 0) is 36.5 Å². The lowest BCUT2D eigenvalue weighted by atomic mass is 9.91. The summed E-state index contributed by atoms with van der Waals surface area (Å²) in [4.78, 5) is 38.2. The third-order valence-corrected chi connectivity index (χ3v) is 7.17. The maximum absolute atomic E-state index is 12.7. The van der Waals surface area contributed by atoms with Gasteiger partial charge < -0.3 is 24.6 Å². The molecule has 1 unspecified atom stereocenters. The molecular weight excluding hydrogens is 526 g/mol. The number of nitrogens with zero attached hydrogens (tertiary/aromatic N) is 4. The van der Waals surface area contributed by atoms with Gasteiger partial charge in [0, 0.05) is 44.7 Å². The Morgan fingerprint density at radius 2 is 1.87 bits per heavy atom. The van der Waals surface area contributed by atoms with E-state index in [2.05, 4.69) is 47.9 Å². The van der Waals surface area contributed by atoms with E-state index in [0.29, 0.717) is 66.6 Å². The monoisotopic (exact) mass is 563 g/mol. The van der Waals surface area contributed by atoms with E-state index < -0.39 is 0 Å². The predicted octanol–water partition coefficient (Wildman–Crippen LogP) is 4.07. The van der Waals surface area contributed by atoms with Crippen LogP contribution in [0.25, 0.3) is 0 Å². The van der Waals surface area contributed by atoms with E-state index in [9.17, 15) is 9.59 Å². The Bertz CT molecular complexity index is 1130. The van der Waals surface area contributed by atoms with E-state index in [4.69, 9.17) is 21.1 Å². The summed E-state index contributed by atoms with van der Waals surface area (Å²) in [5.41, 5.74) is 0.989. The van der Waals surface area contributed by atoms with Gasteiger partial charge in [0.15, 0.2) is 16.7 Å². The van der Waals surface area contributed by atoms with Gasteiger partial charge in [-0.2, -0.15) is 0 Å². The van der Waals surface area contributed by atoms with Crippen molar-refractivity contribution in [3.63, 3.8) is 0 Å². The van der Waals surface area contributed by atoms with Crippen LogP contribution in [-0.2, 0) is 16.0 Å². The zero-order valence-corrected chi connectivity index (χ0v) is 24.6. The Labute approximate surface area is 234 Å². The molecule has 11 heteroatoms. The smallest absolute Gasteiger partial charge is 0.230 e. The average molecular weight is 564 g/mol. The highest BCUT2D eigenvalue weighted by molar-refractivity contribution is 7.99. The summed E-state index contributed by atoms with van der Waals surface area (Å²) in [5, 5.41) is 3.70. The maximum Gasteiger partial charge on any atom is 0.230 e. The third-order valence-electron chi connectivity index (χ3n) is 6.13. The number of hydrogen-bond acceptors (Lipinski definition) is 8. The first-order valence-electron chi connectivity index (χ1n) is 12.7. The highest BCUT2D eigenvalue weighted by Gasteiger charge is 2.30. The summed E-state index contributed by atoms with van der Waals surface area (Å²) in [6, 6.07) is 7.49. The SMILES string of the molecule is COc1ccc(CCNC(=O)CSc2nc(Cl)cc(N3CCN(C(=O)CC(C)(C)C)C(C)C3)n2)cc1OC. The first-order chi connectivity index (χ1) is 18.0. The number of halogens is 1. The molecule has 1 saturated heterocycles. The van der Waals surface area contributed by atoms with Crippen LogP contribution >= 0.6 is 23.4 Å². The molecule has 1 fully saturated rings. The van der Waals surface area contributed by atoms with Crippen molar-refractivity contribution in [1.29, 1.82) is 0 Å². The van der Waals surface area contributed by atoms with Crippen LogP contribution in [0.15, 0.2) is 29.4 Å². The summed E-state index contributed by atoms with van der Waals surface area (Å²) < 4.78 is 10.6. The summed E-state index contributed by atoms with van der Waals surface area (Å²) >= 11 is 7.54. The fourth-order valence-corrected chi connectivity index (χ4v) is 5.18. The first kappa shape index (κ1) is 29.8. The van der Waals surface area contributed by atoms with E-state index >= 15 is 0 Å². The van der Waals surface area contributed by atoms with Gasteiger partial charge >= 0.3 is 0 Å². The van der Waals surface area contributed by atoms with Gasteiger partial charge in [-0.15, -0.1) is 0 Å². The topological polar surface area (TPSA) is 96.9 Å². The molecule has 1 aromatic heterocycles. The van der Waals surface area contributed by atoms with Gasteiger partial charge in [0.25, 0.3) is 0 Å². The van der Waals surface area contributed by atoms with Crippen molar-refractivity contribution in [3.8, 4) is 11.5 Å². The summed E-state index contributed by atoms with van der Waals surface area (Å²) in [7, 11) is 3.19. The molecule has 0 aliphatic carbocycles. The molecule has 1 aliphatic rings. The Hall–Kier alpha value is -2.72. The number of methoxy groups -OCH3 is 2. The predicted molar refractivity (Wildman–Crippen MR) is 151 cm³/mol. The Kier molecular flexibility index (Phi) is 10.5. The lowest BCUT2D eigenvalue weighted by molar-refractivity contribution is -0.135. The van der Waals surface area contributed by atoms with Gasteiger partial charge in [0.1, 0.15) is 11.0 Å². The quantitative estimate of drug-likeness (QED) is 0.262. The van der Waals surface area contributed by atoms with E-state index in [0.717, 1.165) is 5.56 Å². The molecule has 0 bridgehead atoms. The molecule has 9 nitrogen and oxygen atoms in total. The molecule has 0 spiro atoms. The lowest BCUT2D eigenvalue weighted by Gasteiger charge is -2.41. The number of aromatic nitrogens is 2. The van der Waals surface area contributed by atoms with Crippen LogP contribution in [0.1, 0.15) is 39.7 Å². The van der Waals surface area contributed by atoms with Crippen molar-refractivity contribution >= 4 is 41.0 Å². The van der Waals surface area contributed by atoms with Crippen molar-refractivity contribution in [2.75, 3.05) is 51.1 Å². The molecular formula is C27H38ClN5O4S. The van der Waals surface area contributed by atoms with Gasteiger partial charge in [-0.25, -0.2) is 9.97 Å². The fraction of sp³-hybridized carbons (Fsp3) is 0.556. The standard InChI is InChI=1S/C27H38ClN5O4S/c1-18-16-32(11-12-33(18)25(35)15-27(2,3)4)23-14-22(28)30-26(31-23)38-17-24(34)29-10-9-19-7-8-20(36-5)21(13-19)37-6/h7-8,13-14,18H,9-12,15-17H2,1-6H3,(H,29,34). The van der Waals surface area contributed by atoms with Crippen LogP contribution in [0.5, 0.6) is 11.5 Å². The minimum Gasteiger partial charge on any atom is -0.493 e.